The molecule has 108 valence electrons. The Labute approximate surface area is 132 Å². The molecule has 0 aliphatic carbocycles. The van der Waals surface area contributed by atoms with Crippen LogP contribution in [0.25, 0.3) is 0 Å². The van der Waals surface area contributed by atoms with E-state index in [0.29, 0.717) is 0 Å². The second-order valence-electron chi connectivity index (χ2n) is 4.82. The summed E-state index contributed by atoms with van der Waals surface area (Å²) in [6, 6.07) is 16.8. The Kier molecular flexibility index (Phi) is 4.83. The van der Waals surface area contributed by atoms with Gasteiger partial charge in [-0.2, -0.15) is 0 Å². The molecule has 0 bridgehead atoms. The monoisotopic (exact) mass is 315 g/mol. The number of rotatable bonds is 6. The fourth-order valence-electron chi connectivity index (χ4n) is 2.31. The Balaban J connectivity index is 1.76. The summed E-state index contributed by atoms with van der Waals surface area (Å²) in [7, 11) is 0. The molecule has 1 aromatic carbocycles. The van der Waals surface area contributed by atoms with Crippen molar-refractivity contribution in [2.24, 2.45) is 0 Å². The zero-order chi connectivity index (χ0) is 14.5. The molecule has 2 aromatic heterocycles. The predicted molar refractivity (Wildman–Crippen MR) is 89.7 cm³/mol. The average molecular weight is 315 g/mol. The molecule has 0 unspecified atom stereocenters. The quantitative estimate of drug-likeness (QED) is 0.715. The zero-order valence-corrected chi connectivity index (χ0v) is 13.2. The molecule has 4 heteroatoms. The van der Waals surface area contributed by atoms with Crippen molar-refractivity contribution in [1.29, 1.82) is 0 Å². The Morgan fingerprint density at radius 2 is 1.57 bits per heavy atom. The molecule has 0 aliphatic rings. The molecule has 0 saturated carbocycles. The Morgan fingerprint density at radius 1 is 0.905 bits per heavy atom. The van der Waals surface area contributed by atoms with Crippen LogP contribution in [0.5, 0.6) is 0 Å². The second kappa shape index (κ2) is 7.00. The fourth-order valence-corrected chi connectivity index (χ4v) is 4.02. The van der Waals surface area contributed by atoms with Crippen LogP contribution in [-0.4, -0.2) is 5.11 Å². The first-order valence-electron chi connectivity index (χ1n) is 6.85. The summed E-state index contributed by atoms with van der Waals surface area (Å²) in [6.45, 7) is 0.876. The number of thiophene rings is 2. The minimum absolute atomic E-state index is 0.0904. The van der Waals surface area contributed by atoms with E-state index < -0.39 is 0 Å². The van der Waals surface area contributed by atoms with Gasteiger partial charge in [-0.1, -0.05) is 36.4 Å². The second-order valence-corrected chi connectivity index (χ2v) is 6.78. The first-order valence-corrected chi connectivity index (χ1v) is 8.61. The van der Waals surface area contributed by atoms with Crippen LogP contribution < -0.4 is 5.32 Å². The Morgan fingerprint density at radius 3 is 2.14 bits per heavy atom. The standard InChI is InChI=1S/C17H17NOS2/c19-12-14-5-1-4-13(10-14)11-18-17(15-6-2-8-20-15)16-7-3-9-21-16/h1-10,17-19H,11-12H2. The Hall–Kier alpha value is -1.46. The van der Waals surface area contributed by atoms with E-state index in [1.807, 2.05) is 18.2 Å². The van der Waals surface area contributed by atoms with Crippen molar-refractivity contribution >= 4 is 22.7 Å². The topological polar surface area (TPSA) is 32.3 Å². The van der Waals surface area contributed by atoms with Crippen molar-refractivity contribution in [3.63, 3.8) is 0 Å². The lowest BCUT2D eigenvalue weighted by atomic mass is 10.1. The largest absolute Gasteiger partial charge is 0.392 e. The summed E-state index contributed by atoms with van der Waals surface area (Å²) < 4.78 is 0. The van der Waals surface area contributed by atoms with E-state index in [1.165, 1.54) is 15.3 Å². The van der Waals surface area contributed by atoms with Gasteiger partial charge in [0.25, 0.3) is 0 Å². The van der Waals surface area contributed by atoms with Gasteiger partial charge in [-0.05, 0) is 34.0 Å². The number of aliphatic hydroxyl groups excluding tert-OH is 1. The summed E-state index contributed by atoms with van der Waals surface area (Å²) in [5.41, 5.74) is 2.15. The minimum Gasteiger partial charge on any atom is -0.392 e. The minimum atomic E-state index is 0.0904. The van der Waals surface area contributed by atoms with Crippen LogP contribution in [0.2, 0.25) is 0 Å². The molecule has 3 rings (SSSR count). The molecule has 21 heavy (non-hydrogen) atoms. The van der Waals surface area contributed by atoms with Crippen LogP contribution in [0.3, 0.4) is 0 Å². The molecule has 0 spiro atoms. The van der Waals surface area contributed by atoms with E-state index in [1.54, 1.807) is 22.7 Å². The van der Waals surface area contributed by atoms with E-state index in [2.05, 4.69) is 46.4 Å². The van der Waals surface area contributed by atoms with Gasteiger partial charge in [-0.25, -0.2) is 0 Å². The highest BCUT2D eigenvalue weighted by molar-refractivity contribution is 7.11. The third-order valence-electron chi connectivity index (χ3n) is 3.34. The van der Waals surface area contributed by atoms with E-state index >= 15 is 0 Å². The summed E-state index contributed by atoms with van der Waals surface area (Å²) in [6.07, 6.45) is 0. The molecule has 0 amide bonds. The van der Waals surface area contributed by atoms with Crippen molar-refractivity contribution in [3.8, 4) is 0 Å². The summed E-state index contributed by atoms with van der Waals surface area (Å²) in [5, 5.41) is 17.1. The first kappa shape index (κ1) is 14.5. The highest BCUT2D eigenvalue weighted by Gasteiger charge is 2.15. The van der Waals surface area contributed by atoms with E-state index in [0.717, 1.165) is 12.1 Å². The molecular formula is C17H17NOS2. The van der Waals surface area contributed by atoms with Gasteiger partial charge in [0.1, 0.15) is 0 Å². The molecule has 0 fully saturated rings. The van der Waals surface area contributed by atoms with Crippen molar-refractivity contribution in [3.05, 3.63) is 80.2 Å². The third kappa shape index (κ3) is 3.60. The maximum Gasteiger partial charge on any atom is 0.0767 e. The van der Waals surface area contributed by atoms with Gasteiger partial charge in [0.2, 0.25) is 0 Å². The molecule has 0 aliphatic heterocycles. The molecule has 2 heterocycles. The van der Waals surface area contributed by atoms with E-state index in [9.17, 15) is 5.11 Å². The number of aliphatic hydroxyl groups is 1. The van der Waals surface area contributed by atoms with Crippen LogP contribution >= 0.6 is 22.7 Å². The van der Waals surface area contributed by atoms with Crippen LogP contribution in [0.1, 0.15) is 26.9 Å². The molecule has 2 nitrogen and oxygen atoms in total. The number of hydrogen-bond acceptors (Lipinski definition) is 4. The zero-order valence-electron chi connectivity index (χ0n) is 11.5. The average Bonchev–Trinajstić information content (AvgIpc) is 3.21. The smallest absolute Gasteiger partial charge is 0.0767 e. The van der Waals surface area contributed by atoms with Crippen LogP contribution in [0.15, 0.2) is 59.3 Å². The van der Waals surface area contributed by atoms with Crippen LogP contribution in [-0.2, 0) is 13.2 Å². The van der Waals surface area contributed by atoms with E-state index in [4.69, 9.17) is 0 Å². The first-order chi connectivity index (χ1) is 10.4. The summed E-state index contributed by atoms with van der Waals surface area (Å²) in [5.74, 6) is 0. The SMILES string of the molecule is OCc1cccc(CNC(c2cccs2)c2cccs2)c1. The fraction of sp³-hybridized carbons (Fsp3) is 0.176. The van der Waals surface area contributed by atoms with Gasteiger partial charge >= 0.3 is 0 Å². The summed E-state index contributed by atoms with van der Waals surface area (Å²) in [4.78, 5) is 2.66. The molecule has 0 saturated heterocycles. The lowest BCUT2D eigenvalue weighted by Crippen LogP contribution is -2.20. The van der Waals surface area contributed by atoms with Crippen molar-refractivity contribution in [2.45, 2.75) is 19.2 Å². The van der Waals surface area contributed by atoms with Crippen LogP contribution in [0, 0.1) is 0 Å². The van der Waals surface area contributed by atoms with Crippen molar-refractivity contribution in [2.75, 3.05) is 0 Å². The highest BCUT2D eigenvalue weighted by atomic mass is 32.1. The van der Waals surface area contributed by atoms with Gasteiger partial charge in [0, 0.05) is 16.3 Å². The Bertz CT molecular complexity index is 628. The maximum atomic E-state index is 9.22. The lowest BCUT2D eigenvalue weighted by Gasteiger charge is -2.16. The highest BCUT2D eigenvalue weighted by Crippen LogP contribution is 2.29. The van der Waals surface area contributed by atoms with Crippen molar-refractivity contribution < 1.29 is 5.11 Å². The molecule has 0 atom stereocenters. The molecule has 2 N–H and O–H groups in total. The third-order valence-corrected chi connectivity index (χ3v) is 5.21. The summed E-state index contributed by atoms with van der Waals surface area (Å²) >= 11 is 3.55. The normalized spacial score (nSPS) is 11.1. The van der Waals surface area contributed by atoms with Gasteiger partial charge in [0.05, 0.1) is 12.6 Å². The van der Waals surface area contributed by atoms with E-state index in [-0.39, 0.29) is 12.6 Å². The predicted octanol–water partition coefficient (Wildman–Crippen LogP) is 4.18. The van der Waals surface area contributed by atoms with Gasteiger partial charge in [-0.15, -0.1) is 22.7 Å². The van der Waals surface area contributed by atoms with Crippen LogP contribution in [0.4, 0.5) is 0 Å². The van der Waals surface area contributed by atoms with Gasteiger partial charge in [0.15, 0.2) is 0 Å². The molecule has 3 aromatic rings. The number of benzene rings is 1. The van der Waals surface area contributed by atoms with Gasteiger partial charge in [-0.3, -0.25) is 0 Å². The number of hydrogen-bond donors (Lipinski definition) is 2. The number of nitrogens with one attached hydrogen (secondary N) is 1. The molecular weight excluding hydrogens is 298 g/mol. The van der Waals surface area contributed by atoms with Crippen molar-refractivity contribution in [1.82, 2.24) is 5.32 Å². The molecule has 0 radical (unpaired) electrons. The van der Waals surface area contributed by atoms with Gasteiger partial charge < -0.3 is 10.4 Å². The lowest BCUT2D eigenvalue weighted by molar-refractivity contribution is 0.281. The maximum absolute atomic E-state index is 9.22.